The first-order valence-corrected chi connectivity index (χ1v) is 6.79. The lowest BCUT2D eigenvalue weighted by Gasteiger charge is -2.02. The smallest absolute Gasteiger partial charge is 0.164 e. The van der Waals surface area contributed by atoms with Gasteiger partial charge in [-0.15, -0.1) is 11.3 Å². The van der Waals surface area contributed by atoms with Crippen LogP contribution in [0.5, 0.6) is 0 Å². The molecule has 0 amide bonds. The number of aromatic nitrogens is 2. The molecule has 90 valence electrons. The van der Waals surface area contributed by atoms with Crippen molar-refractivity contribution in [2.45, 2.75) is 27.3 Å². The van der Waals surface area contributed by atoms with Crippen LogP contribution in [0.25, 0.3) is 0 Å². The number of nitrogens with one attached hydrogen (secondary N) is 1. The first-order valence-electron chi connectivity index (χ1n) is 5.20. The molecule has 2 aromatic rings. The molecule has 2 heterocycles. The van der Waals surface area contributed by atoms with E-state index in [4.69, 9.17) is 0 Å². The van der Waals surface area contributed by atoms with Gasteiger partial charge >= 0.3 is 0 Å². The lowest BCUT2D eigenvalue weighted by Crippen LogP contribution is -2.02. The summed E-state index contributed by atoms with van der Waals surface area (Å²) in [6.07, 6.45) is 1.85. The molecule has 0 aliphatic carbocycles. The van der Waals surface area contributed by atoms with Crippen LogP contribution in [0.15, 0.2) is 6.20 Å². The van der Waals surface area contributed by atoms with Gasteiger partial charge in [0.2, 0.25) is 0 Å². The highest BCUT2D eigenvalue weighted by Crippen LogP contribution is 2.25. The molecule has 0 atom stereocenters. The molecule has 0 fully saturated rings. The zero-order valence-corrected chi connectivity index (χ0v) is 11.5. The van der Waals surface area contributed by atoms with E-state index in [-0.39, 0.29) is 5.78 Å². The van der Waals surface area contributed by atoms with E-state index in [1.807, 2.05) is 20.0 Å². The summed E-state index contributed by atoms with van der Waals surface area (Å²) < 4.78 is 4.20. The lowest BCUT2D eigenvalue weighted by atomic mass is 10.2. The van der Waals surface area contributed by atoms with E-state index >= 15 is 0 Å². The Hall–Kier alpha value is -1.27. The fraction of sp³-hybridized carbons (Fsp3) is 0.364. The van der Waals surface area contributed by atoms with Crippen molar-refractivity contribution in [3.05, 3.63) is 27.3 Å². The van der Waals surface area contributed by atoms with Crippen LogP contribution in [-0.2, 0) is 6.54 Å². The summed E-state index contributed by atoms with van der Waals surface area (Å²) in [5.74, 6) is 0.0501. The van der Waals surface area contributed by atoms with Crippen LogP contribution in [0.4, 0.5) is 5.00 Å². The zero-order valence-electron chi connectivity index (χ0n) is 9.90. The molecular formula is C11H13N3OS2. The average molecular weight is 267 g/mol. The molecule has 0 bridgehead atoms. The fourth-order valence-electron chi connectivity index (χ4n) is 1.54. The second kappa shape index (κ2) is 4.93. The van der Waals surface area contributed by atoms with Crippen molar-refractivity contribution >= 4 is 33.7 Å². The van der Waals surface area contributed by atoms with Gasteiger partial charge in [0.1, 0.15) is 10.0 Å². The first-order chi connectivity index (χ1) is 8.08. The largest absolute Gasteiger partial charge is 0.369 e. The van der Waals surface area contributed by atoms with E-state index in [9.17, 15) is 4.79 Å². The lowest BCUT2D eigenvalue weighted by molar-refractivity contribution is 0.101. The Balaban J connectivity index is 2.11. The van der Waals surface area contributed by atoms with Gasteiger partial charge in [-0.1, -0.05) is 0 Å². The van der Waals surface area contributed by atoms with Gasteiger partial charge in [-0.05, 0) is 32.3 Å². The maximum absolute atomic E-state index is 11.5. The molecule has 0 aliphatic heterocycles. The minimum absolute atomic E-state index is 0.0501. The maximum Gasteiger partial charge on any atom is 0.164 e. The van der Waals surface area contributed by atoms with Gasteiger partial charge in [-0.2, -0.15) is 4.37 Å². The number of carbonyl (C=O) groups excluding carboxylic acids is 1. The highest BCUT2D eigenvalue weighted by Gasteiger charge is 2.14. The van der Waals surface area contributed by atoms with Gasteiger partial charge in [0.05, 0.1) is 17.8 Å². The van der Waals surface area contributed by atoms with Crippen LogP contribution in [0, 0.1) is 13.8 Å². The normalized spacial score (nSPS) is 10.5. The third-order valence-corrected chi connectivity index (χ3v) is 4.09. The molecule has 0 saturated carbocycles. The van der Waals surface area contributed by atoms with Gasteiger partial charge < -0.3 is 5.32 Å². The quantitative estimate of drug-likeness (QED) is 0.865. The molecule has 1 N–H and O–H groups in total. The molecule has 2 aromatic heterocycles. The second-order valence-corrected chi connectivity index (χ2v) is 5.84. The van der Waals surface area contributed by atoms with Gasteiger partial charge in [-0.3, -0.25) is 4.79 Å². The van der Waals surface area contributed by atoms with Crippen LogP contribution in [0.3, 0.4) is 0 Å². The number of hydrogen-bond donors (Lipinski definition) is 1. The van der Waals surface area contributed by atoms with E-state index in [0.29, 0.717) is 12.1 Å². The topological polar surface area (TPSA) is 54.9 Å². The van der Waals surface area contributed by atoms with Crippen molar-refractivity contribution < 1.29 is 4.79 Å². The summed E-state index contributed by atoms with van der Waals surface area (Å²) in [5, 5.41) is 5.08. The van der Waals surface area contributed by atoms with Crippen molar-refractivity contribution in [3.8, 4) is 0 Å². The molecule has 17 heavy (non-hydrogen) atoms. The first kappa shape index (κ1) is 12.2. The summed E-state index contributed by atoms with van der Waals surface area (Å²) in [4.78, 5) is 16.9. The van der Waals surface area contributed by atoms with Crippen molar-refractivity contribution in [2.24, 2.45) is 0 Å². The van der Waals surface area contributed by atoms with Crippen molar-refractivity contribution in [1.82, 2.24) is 9.36 Å². The summed E-state index contributed by atoms with van der Waals surface area (Å²) in [7, 11) is 0. The number of anilines is 1. The molecule has 6 heteroatoms. The molecule has 0 spiro atoms. The van der Waals surface area contributed by atoms with E-state index in [2.05, 4.69) is 14.7 Å². The zero-order chi connectivity index (χ0) is 12.4. The minimum Gasteiger partial charge on any atom is -0.369 e. The Bertz CT molecular complexity index is 545. The summed E-state index contributed by atoms with van der Waals surface area (Å²) in [5.41, 5.74) is 1.49. The Morgan fingerprint density at radius 2 is 2.24 bits per heavy atom. The number of rotatable bonds is 4. The summed E-state index contributed by atoms with van der Waals surface area (Å²) >= 11 is 2.98. The van der Waals surface area contributed by atoms with Crippen LogP contribution < -0.4 is 5.32 Å². The number of ketones is 1. The monoisotopic (exact) mass is 267 g/mol. The standard InChI is InChI=1S/C11H13N3OS2/c1-6-4-12-9(16-6)5-13-11-10(8(3)15)7(2)14-17-11/h4,13H,5H2,1-3H3. The Labute approximate surface area is 108 Å². The van der Waals surface area contributed by atoms with Crippen molar-refractivity contribution in [3.63, 3.8) is 0 Å². The highest BCUT2D eigenvalue weighted by atomic mass is 32.1. The number of carbonyl (C=O) groups is 1. The molecule has 2 rings (SSSR count). The SMILES string of the molecule is CC(=O)c1c(C)nsc1NCc1ncc(C)s1. The van der Waals surface area contributed by atoms with Gasteiger partial charge in [0.25, 0.3) is 0 Å². The van der Waals surface area contributed by atoms with Crippen LogP contribution in [-0.4, -0.2) is 15.1 Å². The third kappa shape index (κ3) is 2.70. The molecule has 0 radical (unpaired) electrons. The number of hydrogen-bond acceptors (Lipinski definition) is 6. The van der Waals surface area contributed by atoms with E-state index < -0.39 is 0 Å². The van der Waals surface area contributed by atoms with E-state index in [1.54, 1.807) is 18.3 Å². The Morgan fingerprint density at radius 1 is 1.47 bits per heavy atom. The maximum atomic E-state index is 11.5. The molecular weight excluding hydrogens is 254 g/mol. The predicted molar refractivity (Wildman–Crippen MR) is 71.0 cm³/mol. The minimum atomic E-state index is 0.0501. The molecule has 0 saturated heterocycles. The van der Waals surface area contributed by atoms with Gasteiger partial charge in [-0.25, -0.2) is 4.98 Å². The molecule has 0 aromatic carbocycles. The Morgan fingerprint density at radius 3 is 2.82 bits per heavy atom. The van der Waals surface area contributed by atoms with Gasteiger partial charge in [0, 0.05) is 11.1 Å². The number of aryl methyl sites for hydroxylation is 2. The van der Waals surface area contributed by atoms with Crippen LogP contribution >= 0.6 is 22.9 Å². The molecule has 0 unspecified atom stereocenters. The highest BCUT2D eigenvalue weighted by molar-refractivity contribution is 7.11. The van der Waals surface area contributed by atoms with Crippen molar-refractivity contribution in [1.29, 1.82) is 0 Å². The van der Waals surface area contributed by atoms with Crippen LogP contribution in [0.1, 0.15) is 32.9 Å². The van der Waals surface area contributed by atoms with E-state index in [1.165, 1.54) is 16.4 Å². The average Bonchev–Trinajstić information content (AvgIpc) is 2.82. The molecule has 0 aliphatic rings. The molecule has 4 nitrogen and oxygen atoms in total. The van der Waals surface area contributed by atoms with Crippen LogP contribution in [0.2, 0.25) is 0 Å². The summed E-state index contributed by atoms with van der Waals surface area (Å²) in [6.45, 7) is 6.08. The number of Topliss-reactive ketones (excluding diaryl/α,β-unsaturated/α-hetero) is 1. The fourth-order valence-corrected chi connectivity index (χ4v) is 3.11. The number of nitrogens with zero attached hydrogens (tertiary/aromatic N) is 2. The van der Waals surface area contributed by atoms with Crippen molar-refractivity contribution in [2.75, 3.05) is 5.32 Å². The predicted octanol–water partition coefficient (Wildman–Crippen LogP) is 3.03. The third-order valence-electron chi connectivity index (χ3n) is 2.28. The summed E-state index contributed by atoms with van der Waals surface area (Å²) in [6, 6.07) is 0. The second-order valence-electron chi connectivity index (χ2n) is 3.75. The Kier molecular flexibility index (Phi) is 3.54. The number of thiazole rings is 1. The van der Waals surface area contributed by atoms with E-state index in [0.717, 1.165) is 15.7 Å². The van der Waals surface area contributed by atoms with Gasteiger partial charge in [0.15, 0.2) is 5.78 Å².